The quantitative estimate of drug-likeness (QED) is 0.586. The van der Waals surface area contributed by atoms with E-state index in [9.17, 15) is 15.0 Å². The highest BCUT2D eigenvalue weighted by atomic mass is 16.6. The Morgan fingerprint density at radius 2 is 2.06 bits per heavy atom. The number of hydrogen-bond acceptors (Lipinski definition) is 5. The molecular weight excluding hydrogens is 236 g/mol. The van der Waals surface area contributed by atoms with Crippen molar-refractivity contribution >= 4 is 5.97 Å². The molecule has 5 nitrogen and oxygen atoms in total. The van der Waals surface area contributed by atoms with Crippen molar-refractivity contribution in [3.05, 3.63) is 35.9 Å². The van der Waals surface area contributed by atoms with Crippen LogP contribution in [0, 0.1) is 0 Å². The van der Waals surface area contributed by atoms with Crippen molar-refractivity contribution in [3.63, 3.8) is 0 Å². The number of epoxide rings is 1. The van der Waals surface area contributed by atoms with Crippen molar-refractivity contribution in [1.82, 2.24) is 0 Å². The van der Waals surface area contributed by atoms with Crippen LogP contribution in [0.2, 0.25) is 0 Å². The maximum Gasteiger partial charge on any atom is 0.337 e. The lowest BCUT2D eigenvalue weighted by Gasteiger charge is -2.14. The van der Waals surface area contributed by atoms with Gasteiger partial charge in [-0.15, -0.1) is 0 Å². The first-order valence-electron chi connectivity index (χ1n) is 5.88. The molecule has 2 N–H and O–H groups in total. The summed E-state index contributed by atoms with van der Waals surface area (Å²) in [5.41, 5.74) is 0.914. The monoisotopic (exact) mass is 252 g/mol. The summed E-state index contributed by atoms with van der Waals surface area (Å²) in [4.78, 5) is 11.3. The average molecular weight is 252 g/mol. The van der Waals surface area contributed by atoms with Crippen LogP contribution in [0.4, 0.5) is 0 Å². The number of aliphatic hydroxyl groups excluding tert-OH is 2. The highest BCUT2D eigenvalue weighted by Crippen LogP contribution is 2.41. The summed E-state index contributed by atoms with van der Waals surface area (Å²) in [6.07, 6.45) is -3.67. The molecule has 0 unspecified atom stereocenters. The molecule has 1 fully saturated rings. The van der Waals surface area contributed by atoms with Crippen molar-refractivity contribution in [2.75, 3.05) is 6.61 Å². The molecule has 0 bridgehead atoms. The molecule has 1 aliphatic rings. The summed E-state index contributed by atoms with van der Waals surface area (Å²) in [6, 6.07) is 9.34. The lowest BCUT2D eigenvalue weighted by molar-refractivity contribution is -0.159. The van der Waals surface area contributed by atoms with Gasteiger partial charge in [-0.25, -0.2) is 4.79 Å². The van der Waals surface area contributed by atoms with Gasteiger partial charge in [-0.3, -0.25) is 0 Å². The van der Waals surface area contributed by atoms with E-state index in [4.69, 9.17) is 4.74 Å². The van der Waals surface area contributed by atoms with Gasteiger partial charge in [-0.1, -0.05) is 30.3 Å². The molecule has 1 heterocycles. The van der Waals surface area contributed by atoms with E-state index in [0.29, 0.717) is 0 Å². The molecule has 1 aromatic rings. The van der Waals surface area contributed by atoms with Crippen molar-refractivity contribution in [2.45, 2.75) is 31.3 Å². The second kappa shape index (κ2) is 5.48. The van der Waals surface area contributed by atoms with E-state index in [1.807, 2.05) is 30.3 Å². The smallest absolute Gasteiger partial charge is 0.337 e. The zero-order valence-corrected chi connectivity index (χ0v) is 10.0. The number of rotatable bonds is 5. The van der Waals surface area contributed by atoms with Gasteiger partial charge in [-0.05, 0) is 12.5 Å². The predicted octanol–water partition coefficient (Wildman–Crippen LogP) is 0.411. The van der Waals surface area contributed by atoms with Crippen LogP contribution in [0.25, 0.3) is 0 Å². The number of hydrogen-bond donors (Lipinski definition) is 2. The molecule has 0 radical (unpaired) electrons. The number of esters is 1. The van der Waals surface area contributed by atoms with Gasteiger partial charge in [0.15, 0.2) is 6.10 Å². The Kier molecular flexibility index (Phi) is 3.96. The molecular formula is C13H16O5. The molecule has 18 heavy (non-hydrogen) atoms. The Morgan fingerprint density at radius 3 is 2.67 bits per heavy atom. The van der Waals surface area contributed by atoms with E-state index in [-0.39, 0.29) is 12.7 Å². The topological polar surface area (TPSA) is 79.3 Å². The normalized spacial score (nSPS) is 25.3. The lowest BCUT2D eigenvalue weighted by Crippen LogP contribution is -2.39. The Morgan fingerprint density at radius 1 is 1.39 bits per heavy atom. The minimum Gasteiger partial charge on any atom is -0.464 e. The van der Waals surface area contributed by atoms with E-state index >= 15 is 0 Å². The van der Waals surface area contributed by atoms with Gasteiger partial charge in [0.1, 0.15) is 18.3 Å². The lowest BCUT2D eigenvalue weighted by atomic mass is 10.0. The fourth-order valence-electron chi connectivity index (χ4n) is 1.84. The maximum atomic E-state index is 11.3. The molecule has 0 spiro atoms. The van der Waals surface area contributed by atoms with E-state index in [0.717, 1.165) is 5.56 Å². The minimum absolute atomic E-state index is 0.163. The summed E-state index contributed by atoms with van der Waals surface area (Å²) in [5, 5.41) is 19.4. The first-order valence-corrected chi connectivity index (χ1v) is 5.88. The average Bonchev–Trinajstić information content (AvgIpc) is 3.18. The van der Waals surface area contributed by atoms with Crippen LogP contribution in [-0.2, 0) is 14.3 Å². The zero-order chi connectivity index (χ0) is 13.1. The molecule has 0 amide bonds. The minimum atomic E-state index is -1.57. The zero-order valence-electron chi connectivity index (χ0n) is 10.0. The first-order chi connectivity index (χ1) is 8.65. The van der Waals surface area contributed by atoms with Crippen molar-refractivity contribution in [3.8, 4) is 0 Å². The molecule has 0 aromatic heterocycles. The van der Waals surface area contributed by atoms with E-state index in [2.05, 4.69) is 4.74 Å². The van der Waals surface area contributed by atoms with Crippen LogP contribution in [0.15, 0.2) is 30.3 Å². The number of carbonyl (C=O) groups excluding carboxylic acids is 1. The van der Waals surface area contributed by atoms with Crippen molar-refractivity contribution in [1.29, 1.82) is 0 Å². The summed E-state index contributed by atoms with van der Waals surface area (Å²) in [7, 11) is 0. The molecule has 1 saturated heterocycles. The molecule has 0 aliphatic carbocycles. The van der Waals surface area contributed by atoms with Crippen LogP contribution < -0.4 is 0 Å². The molecule has 1 aromatic carbocycles. The van der Waals surface area contributed by atoms with Crippen LogP contribution in [-0.4, -0.2) is 41.1 Å². The second-order valence-electron chi connectivity index (χ2n) is 4.12. The summed E-state index contributed by atoms with van der Waals surface area (Å²) < 4.78 is 9.94. The fourth-order valence-corrected chi connectivity index (χ4v) is 1.84. The molecule has 98 valence electrons. The largest absolute Gasteiger partial charge is 0.464 e. The highest BCUT2D eigenvalue weighted by Gasteiger charge is 2.49. The molecule has 0 saturated carbocycles. The van der Waals surface area contributed by atoms with Gasteiger partial charge < -0.3 is 19.7 Å². The van der Waals surface area contributed by atoms with Gasteiger partial charge in [0.05, 0.1) is 6.61 Å². The first kappa shape index (κ1) is 13.0. The van der Waals surface area contributed by atoms with Gasteiger partial charge in [0, 0.05) is 0 Å². The second-order valence-corrected chi connectivity index (χ2v) is 4.12. The van der Waals surface area contributed by atoms with Crippen LogP contribution >= 0.6 is 0 Å². The van der Waals surface area contributed by atoms with Gasteiger partial charge in [0.2, 0.25) is 0 Å². The molecule has 4 atom stereocenters. The third-order valence-corrected chi connectivity index (χ3v) is 2.84. The molecule has 2 rings (SSSR count). The molecule has 5 heteroatoms. The standard InChI is InChI=1S/C13H16O5/c1-2-17-13(16)10(15)9(14)12-11(18-12)8-6-4-3-5-7-8/h3-7,9-12,14-15H,2H2,1H3/t9-,10-,11+,12+/m1/s1. The molecule has 1 aliphatic heterocycles. The highest BCUT2D eigenvalue weighted by molar-refractivity contribution is 5.75. The Bertz CT molecular complexity index is 405. The number of aliphatic hydroxyl groups is 2. The van der Waals surface area contributed by atoms with Crippen LogP contribution in [0.1, 0.15) is 18.6 Å². The van der Waals surface area contributed by atoms with E-state index in [1.54, 1.807) is 6.92 Å². The van der Waals surface area contributed by atoms with Crippen LogP contribution in [0.3, 0.4) is 0 Å². The Hall–Kier alpha value is -1.43. The van der Waals surface area contributed by atoms with Crippen LogP contribution in [0.5, 0.6) is 0 Å². The van der Waals surface area contributed by atoms with Gasteiger partial charge in [-0.2, -0.15) is 0 Å². The number of carbonyl (C=O) groups is 1. The predicted molar refractivity (Wildman–Crippen MR) is 62.7 cm³/mol. The third kappa shape index (κ3) is 2.69. The third-order valence-electron chi connectivity index (χ3n) is 2.84. The number of ether oxygens (including phenoxy) is 2. The van der Waals surface area contributed by atoms with Gasteiger partial charge in [0.25, 0.3) is 0 Å². The van der Waals surface area contributed by atoms with Crippen molar-refractivity contribution in [2.24, 2.45) is 0 Å². The van der Waals surface area contributed by atoms with Crippen molar-refractivity contribution < 1.29 is 24.5 Å². The Labute approximate surface area is 105 Å². The van der Waals surface area contributed by atoms with Gasteiger partial charge >= 0.3 is 5.97 Å². The summed E-state index contributed by atoms with van der Waals surface area (Å²) >= 11 is 0. The number of benzene rings is 1. The van der Waals surface area contributed by atoms with E-state index < -0.39 is 24.3 Å². The summed E-state index contributed by atoms with van der Waals surface area (Å²) in [5.74, 6) is -0.827. The summed E-state index contributed by atoms with van der Waals surface area (Å²) in [6.45, 7) is 1.80. The van der Waals surface area contributed by atoms with E-state index in [1.165, 1.54) is 0 Å². The fraction of sp³-hybridized carbons (Fsp3) is 0.462. The Balaban J connectivity index is 1.93. The SMILES string of the molecule is CCOC(=O)[C@H](O)[C@@H](O)[C@@H]1O[C@H]1c1ccccc1. The maximum absolute atomic E-state index is 11.3.